The quantitative estimate of drug-likeness (QED) is 0.358. The van der Waals surface area contributed by atoms with Crippen LogP contribution in [-0.2, 0) is 0 Å². The zero-order valence-corrected chi connectivity index (χ0v) is 5.17. The molecule has 0 amide bonds. The largest absolute Gasteiger partial charge is 0.395 e. The predicted octanol–water partition coefficient (Wildman–Crippen LogP) is -1.79. The minimum absolute atomic E-state index is 0.113. The lowest BCUT2D eigenvalue weighted by Crippen LogP contribution is -2.35. The van der Waals surface area contributed by atoms with Gasteiger partial charge in [0.25, 0.3) is 0 Å². The normalized spacial score (nSPS) is 35.3. The van der Waals surface area contributed by atoms with Crippen molar-refractivity contribution in [3.63, 3.8) is 0 Å². The van der Waals surface area contributed by atoms with Gasteiger partial charge in [0.2, 0.25) is 0 Å². The molecule has 2 unspecified atom stereocenters. The van der Waals surface area contributed by atoms with E-state index < -0.39 is 0 Å². The van der Waals surface area contributed by atoms with Gasteiger partial charge < -0.3 is 10.2 Å². The SMILES string of the molecule is OCC1CC(CO)NN1. The van der Waals surface area contributed by atoms with Gasteiger partial charge >= 0.3 is 0 Å². The maximum atomic E-state index is 8.60. The first-order valence-corrected chi connectivity index (χ1v) is 3.09. The smallest absolute Gasteiger partial charge is 0.0598 e. The van der Waals surface area contributed by atoms with Gasteiger partial charge in [-0.15, -0.1) is 0 Å². The first-order chi connectivity index (χ1) is 4.36. The highest BCUT2D eigenvalue weighted by atomic mass is 16.3. The summed E-state index contributed by atoms with van der Waals surface area (Å²) in [5.74, 6) is 0. The van der Waals surface area contributed by atoms with Gasteiger partial charge in [-0.05, 0) is 6.42 Å². The average Bonchev–Trinajstić information content (AvgIpc) is 2.34. The summed E-state index contributed by atoms with van der Waals surface area (Å²) < 4.78 is 0. The minimum atomic E-state index is 0.113. The van der Waals surface area contributed by atoms with Crippen molar-refractivity contribution in [2.75, 3.05) is 13.2 Å². The number of hydrazine groups is 1. The van der Waals surface area contributed by atoms with Crippen molar-refractivity contribution >= 4 is 0 Å². The maximum absolute atomic E-state index is 8.60. The van der Waals surface area contributed by atoms with Crippen molar-refractivity contribution in [2.24, 2.45) is 0 Å². The molecule has 0 spiro atoms. The van der Waals surface area contributed by atoms with Crippen molar-refractivity contribution < 1.29 is 10.2 Å². The molecular weight excluding hydrogens is 120 g/mol. The number of aliphatic hydroxyl groups is 2. The lowest BCUT2D eigenvalue weighted by atomic mass is 10.1. The first-order valence-electron chi connectivity index (χ1n) is 3.09. The second-order valence-electron chi connectivity index (χ2n) is 2.28. The molecule has 1 saturated heterocycles. The highest BCUT2D eigenvalue weighted by molar-refractivity contribution is 4.79. The molecular formula is C5H12N2O2. The third kappa shape index (κ3) is 1.62. The van der Waals surface area contributed by atoms with Crippen molar-refractivity contribution in [2.45, 2.75) is 18.5 Å². The average molecular weight is 132 g/mol. The Hall–Kier alpha value is -0.160. The summed E-state index contributed by atoms with van der Waals surface area (Å²) >= 11 is 0. The molecule has 0 radical (unpaired) electrons. The Bertz CT molecular complexity index is 79.0. The fraction of sp³-hybridized carbons (Fsp3) is 1.00. The fourth-order valence-electron chi connectivity index (χ4n) is 0.937. The topological polar surface area (TPSA) is 64.5 Å². The van der Waals surface area contributed by atoms with Crippen LogP contribution in [0.3, 0.4) is 0 Å². The molecule has 0 saturated carbocycles. The van der Waals surface area contributed by atoms with Crippen LogP contribution in [0.5, 0.6) is 0 Å². The third-order valence-corrected chi connectivity index (χ3v) is 1.50. The van der Waals surface area contributed by atoms with E-state index in [0.717, 1.165) is 6.42 Å². The van der Waals surface area contributed by atoms with E-state index in [4.69, 9.17) is 10.2 Å². The molecule has 0 bridgehead atoms. The lowest BCUT2D eigenvalue weighted by Gasteiger charge is -2.01. The third-order valence-electron chi connectivity index (χ3n) is 1.50. The summed E-state index contributed by atoms with van der Waals surface area (Å²) in [7, 11) is 0. The summed E-state index contributed by atoms with van der Waals surface area (Å²) in [4.78, 5) is 0. The second-order valence-corrected chi connectivity index (χ2v) is 2.28. The van der Waals surface area contributed by atoms with Gasteiger partial charge in [0.1, 0.15) is 0 Å². The van der Waals surface area contributed by atoms with Gasteiger partial charge in [-0.1, -0.05) is 0 Å². The molecule has 0 aromatic heterocycles. The van der Waals surface area contributed by atoms with E-state index in [9.17, 15) is 0 Å². The molecule has 1 rings (SSSR count). The van der Waals surface area contributed by atoms with E-state index in [2.05, 4.69) is 10.9 Å². The molecule has 1 aliphatic heterocycles. The van der Waals surface area contributed by atoms with Gasteiger partial charge in [-0.2, -0.15) is 0 Å². The molecule has 1 heterocycles. The lowest BCUT2D eigenvalue weighted by molar-refractivity contribution is 0.243. The van der Waals surface area contributed by atoms with E-state index in [-0.39, 0.29) is 25.3 Å². The Kier molecular flexibility index (Phi) is 2.41. The minimum Gasteiger partial charge on any atom is -0.395 e. The number of nitrogens with one attached hydrogen (secondary N) is 2. The predicted molar refractivity (Wildman–Crippen MR) is 32.6 cm³/mol. The summed E-state index contributed by atoms with van der Waals surface area (Å²) in [5, 5.41) is 17.2. The molecule has 9 heavy (non-hydrogen) atoms. The first kappa shape index (κ1) is 6.95. The highest BCUT2D eigenvalue weighted by Gasteiger charge is 2.21. The van der Waals surface area contributed by atoms with Crippen molar-refractivity contribution in [3.8, 4) is 0 Å². The van der Waals surface area contributed by atoms with Crippen LogP contribution in [0.2, 0.25) is 0 Å². The van der Waals surface area contributed by atoms with Crippen molar-refractivity contribution in [1.82, 2.24) is 10.9 Å². The Morgan fingerprint density at radius 2 is 1.56 bits per heavy atom. The number of rotatable bonds is 2. The van der Waals surface area contributed by atoms with Gasteiger partial charge in [-0.3, -0.25) is 10.9 Å². The Morgan fingerprint density at radius 3 is 1.78 bits per heavy atom. The van der Waals surface area contributed by atoms with E-state index in [1.54, 1.807) is 0 Å². The molecule has 2 atom stereocenters. The zero-order chi connectivity index (χ0) is 6.69. The molecule has 4 nitrogen and oxygen atoms in total. The number of hydrogen-bond acceptors (Lipinski definition) is 4. The van der Waals surface area contributed by atoms with Crippen LogP contribution in [-0.4, -0.2) is 35.5 Å². The molecule has 4 heteroatoms. The van der Waals surface area contributed by atoms with Crippen LogP contribution in [0.15, 0.2) is 0 Å². The molecule has 0 aliphatic carbocycles. The van der Waals surface area contributed by atoms with Crippen molar-refractivity contribution in [3.05, 3.63) is 0 Å². The van der Waals surface area contributed by atoms with Crippen LogP contribution >= 0.6 is 0 Å². The molecule has 4 N–H and O–H groups in total. The van der Waals surface area contributed by atoms with Gasteiger partial charge in [0, 0.05) is 12.1 Å². The molecule has 1 fully saturated rings. The summed E-state index contributed by atoms with van der Waals surface area (Å²) in [6.07, 6.45) is 0.799. The monoisotopic (exact) mass is 132 g/mol. The Morgan fingerprint density at radius 1 is 1.11 bits per heavy atom. The molecule has 54 valence electrons. The van der Waals surface area contributed by atoms with Crippen molar-refractivity contribution in [1.29, 1.82) is 0 Å². The molecule has 0 aromatic rings. The van der Waals surface area contributed by atoms with Gasteiger partial charge in [0.05, 0.1) is 13.2 Å². The van der Waals surface area contributed by atoms with Crippen LogP contribution in [0.4, 0.5) is 0 Å². The van der Waals surface area contributed by atoms with E-state index >= 15 is 0 Å². The van der Waals surface area contributed by atoms with E-state index in [1.807, 2.05) is 0 Å². The maximum Gasteiger partial charge on any atom is 0.0598 e. The van der Waals surface area contributed by atoms with Gasteiger partial charge in [-0.25, -0.2) is 0 Å². The van der Waals surface area contributed by atoms with E-state index in [1.165, 1.54) is 0 Å². The van der Waals surface area contributed by atoms with Gasteiger partial charge in [0.15, 0.2) is 0 Å². The van der Waals surface area contributed by atoms with Crippen LogP contribution in [0.1, 0.15) is 6.42 Å². The molecule has 1 aliphatic rings. The highest BCUT2D eigenvalue weighted by Crippen LogP contribution is 2.01. The molecule has 0 aromatic carbocycles. The number of hydrogen-bond donors (Lipinski definition) is 4. The Balaban J connectivity index is 2.20. The second kappa shape index (κ2) is 3.12. The summed E-state index contributed by atoms with van der Waals surface area (Å²) in [5.41, 5.74) is 5.69. The standard InChI is InChI=1S/C5H12N2O2/c8-2-4-1-5(3-9)7-6-4/h4-9H,1-3H2. The van der Waals surface area contributed by atoms with Crippen LogP contribution in [0, 0.1) is 0 Å². The van der Waals surface area contributed by atoms with Crippen LogP contribution in [0.25, 0.3) is 0 Å². The summed E-state index contributed by atoms with van der Waals surface area (Å²) in [6, 6.07) is 0.226. The van der Waals surface area contributed by atoms with Crippen LogP contribution < -0.4 is 10.9 Å². The van der Waals surface area contributed by atoms with E-state index in [0.29, 0.717) is 0 Å². The number of aliphatic hydroxyl groups excluding tert-OH is 2. The fourth-order valence-corrected chi connectivity index (χ4v) is 0.937. The summed E-state index contributed by atoms with van der Waals surface area (Å²) in [6.45, 7) is 0.257. The Labute approximate surface area is 53.9 Å². The zero-order valence-electron chi connectivity index (χ0n) is 5.17.